The standard InChI is InChI=1S/C25H23N3O4/c1-4-30-22-8-5-20(6-9-22)27-25(29)19(14-26)12-18-11-16(2)28(17(18)3)21-7-10-23-24(13-21)32-15-31-23/h5-13H,4,15H2,1-3H3,(H,27,29)/b19-12+. The van der Waals surface area contributed by atoms with Crippen LogP contribution in [-0.2, 0) is 4.79 Å². The molecule has 32 heavy (non-hydrogen) atoms. The van der Waals surface area contributed by atoms with Gasteiger partial charge in [0.05, 0.1) is 6.61 Å². The number of nitriles is 1. The van der Waals surface area contributed by atoms with E-state index in [0.717, 1.165) is 28.4 Å². The first-order valence-electron chi connectivity index (χ1n) is 10.2. The first kappa shape index (κ1) is 21.1. The zero-order valence-electron chi connectivity index (χ0n) is 18.1. The van der Waals surface area contributed by atoms with E-state index in [0.29, 0.717) is 23.8 Å². The zero-order chi connectivity index (χ0) is 22.7. The summed E-state index contributed by atoms with van der Waals surface area (Å²) in [5.41, 5.74) is 4.19. The third kappa shape index (κ3) is 4.16. The minimum atomic E-state index is -0.468. The first-order chi connectivity index (χ1) is 15.5. The molecule has 1 aromatic heterocycles. The molecule has 0 radical (unpaired) electrons. The Hall–Kier alpha value is -4.18. The number of aryl methyl sites for hydroxylation is 1. The van der Waals surface area contributed by atoms with Gasteiger partial charge in [-0.05, 0) is 74.9 Å². The topological polar surface area (TPSA) is 85.5 Å². The number of hydrogen-bond donors (Lipinski definition) is 1. The van der Waals surface area contributed by atoms with Crippen LogP contribution in [0, 0.1) is 25.2 Å². The van der Waals surface area contributed by atoms with Crippen LogP contribution in [0.4, 0.5) is 5.69 Å². The molecular formula is C25H23N3O4. The number of carbonyl (C=O) groups is 1. The monoisotopic (exact) mass is 429 g/mol. The van der Waals surface area contributed by atoms with Gasteiger partial charge in [0, 0.05) is 28.8 Å². The minimum Gasteiger partial charge on any atom is -0.494 e. The van der Waals surface area contributed by atoms with Gasteiger partial charge in [0.15, 0.2) is 11.5 Å². The Labute approximate surface area is 186 Å². The SMILES string of the molecule is CCOc1ccc(NC(=O)/C(C#N)=C/c2cc(C)n(-c3ccc4c(c3)OCO4)c2C)cc1. The number of nitrogens with one attached hydrogen (secondary N) is 1. The maximum absolute atomic E-state index is 12.7. The third-order valence-electron chi connectivity index (χ3n) is 5.17. The van der Waals surface area contributed by atoms with Gasteiger partial charge in [-0.25, -0.2) is 0 Å². The number of ether oxygens (including phenoxy) is 3. The maximum Gasteiger partial charge on any atom is 0.266 e. The predicted octanol–water partition coefficient (Wildman–Crippen LogP) is 4.77. The molecule has 2 heterocycles. The molecule has 2 aromatic carbocycles. The highest BCUT2D eigenvalue weighted by molar-refractivity contribution is 6.09. The summed E-state index contributed by atoms with van der Waals surface area (Å²) in [6, 6.07) is 16.7. The van der Waals surface area contributed by atoms with Gasteiger partial charge < -0.3 is 24.1 Å². The molecule has 0 saturated carbocycles. The van der Waals surface area contributed by atoms with Gasteiger partial charge in [-0.2, -0.15) is 5.26 Å². The van der Waals surface area contributed by atoms with Gasteiger partial charge in [0.2, 0.25) is 6.79 Å². The van der Waals surface area contributed by atoms with Crippen LogP contribution in [0.1, 0.15) is 23.9 Å². The molecule has 1 aliphatic rings. The van der Waals surface area contributed by atoms with E-state index in [1.54, 1.807) is 30.3 Å². The number of aromatic nitrogens is 1. The van der Waals surface area contributed by atoms with Crippen LogP contribution in [0.3, 0.4) is 0 Å². The highest BCUT2D eigenvalue weighted by atomic mass is 16.7. The highest BCUT2D eigenvalue weighted by Gasteiger charge is 2.17. The number of amides is 1. The fraction of sp³-hybridized carbons (Fsp3) is 0.200. The van der Waals surface area contributed by atoms with E-state index in [1.807, 2.05) is 55.7 Å². The van der Waals surface area contributed by atoms with Gasteiger partial charge >= 0.3 is 0 Å². The van der Waals surface area contributed by atoms with E-state index in [-0.39, 0.29) is 12.4 Å². The van der Waals surface area contributed by atoms with Crippen molar-refractivity contribution in [2.45, 2.75) is 20.8 Å². The Bertz CT molecular complexity index is 1230. The van der Waals surface area contributed by atoms with Gasteiger partial charge in [0.1, 0.15) is 17.4 Å². The average molecular weight is 429 g/mol. The summed E-state index contributed by atoms with van der Waals surface area (Å²) < 4.78 is 18.3. The molecule has 0 spiro atoms. The van der Waals surface area contributed by atoms with Crippen molar-refractivity contribution in [3.05, 3.63) is 71.1 Å². The second-order valence-electron chi connectivity index (χ2n) is 7.28. The van der Waals surface area contributed by atoms with Crippen molar-refractivity contribution < 1.29 is 19.0 Å². The molecule has 7 nitrogen and oxygen atoms in total. The molecular weight excluding hydrogens is 406 g/mol. The van der Waals surface area contributed by atoms with Gasteiger partial charge in [0.25, 0.3) is 5.91 Å². The first-order valence-corrected chi connectivity index (χ1v) is 10.2. The summed E-state index contributed by atoms with van der Waals surface area (Å²) in [5, 5.41) is 12.4. The normalized spacial score (nSPS) is 12.4. The molecule has 0 saturated heterocycles. The van der Waals surface area contributed by atoms with Crippen LogP contribution in [0.5, 0.6) is 17.2 Å². The van der Waals surface area contributed by atoms with Crippen molar-refractivity contribution in [2.75, 3.05) is 18.7 Å². The summed E-state index contributed by atoms with van der Waals surface area (Å²) in [7, 11) is 0. The van der Waals surface area contributed by atoms with E-state index < -0.39 is 5.91 Å². The number of benzene rings is 2. The fourth-order valence-electron chi connectivity index (χ4n) is 3.66. The van der Waals surface area contributed by atoms with E-state index in [1.165, 1.54) is 0 Å². The summed E-state index contributed by atoms with van der Waals surface area (Å²) in [6.07, 6.45) is 1.61. The molecule has 4 rings (SSSR count). The minimum absolute atomic E-state index is 0.0184. The van der Waals surface area contributed by atoms with Gasteiger partial charge in [-0.1, -0.05) is 0 Å². The highest BCUT2D eigenvalue weighted by Crippen LogP contribution is 2.35. The van der Waals surface area contributed by atoms with Crippen LogP contribution in [0.2, 0.25) is 0 Å². The van der Waals surface area contributed by atoms with Crippen molar-refractivity contribution in [2.24, 2.45) is 0 Å². The van der Waals surface area contributed by atoms with E-state index in [2.05, 4.69) is 5.32 Å². The van der Waals surface area contributed by atoms with Crippen molar-refractivity contribution in [1.29, 1.82) is 5.26 Å². The number of rotatable bonds is 6. The number of anilines is 1. The Morgan fingerprint density at radius 3 is 2.62 bits per heavy atom. The lowest BCUT2D eigenvalue weighted by Gasteiger charge is -2.10. The predicted molar refractivity (Wildman–Crippen MR) is 121 cm³/mol. The van der Waals surface area contributed by atoms with Crippen LogP contribution >= 0.6 is 0 Å². The third-order valence-corrected chi connectivity index (χ3v) is 5.17. The second kappa shape index (κ2) is 8.90. The van der Waals surface area contributed by atoms with E-state index in [4.69, 9.17) is 14.2 Å². The summed E-state index contributed by atoms with van der Waals surface area (Å²) in [5.74, 6) is 1.66. The quantitative estimate of drug-likeness (QED) is 0.451. The molecule has 3 aromatic rings. The molecule has 0 bridgehead atoms. The van der Waals surface area contributed by atoms with Gasteiger partial charge in [-0.3, -0.25) is 4.79 Å². The average Bonchev–Trinajstić information content (AvgIpc) is 3.36. The summed E-state index contributed by atoms with van der Waals surface area (Å²) in [4.78, 5) is 12.7. The lowest BCUT2D eigenvalue weighted by molar-refractivity contribution is -0.112. The Morgan fingerprint density at radius 2 is 1.91 bits per heavy atom. The summed E-state index contributed by atoms with van der Waals surface area (Å²) in [6.45, 7) is 6.61. The molecule has 0 unspecified atom stereocenters. The molecule has 1 amide bonds. The summed E-state index contributed by atoms with van der Waals surface area (Å²) >= 11 is 0. The molecule has 7 heteroatoms. The van der Waals surface area contributed by atoms with Crippen LogP contribution < -0.4 is 19.5 Å². The lowest BCUT2D eigenvalue weighted by atomic mass is 10.1. The molecule has 162 valence electrons. The number of nitrogens with zero attached hydrogens (tertiary/aromatic N) is 2. The number of carbonyl (C=O) groups excluding carboxylic acids is 1. The molecule has 1 N–H and O–H groups in total. The smallest absolute Gasteiger partial charge is 0.266 e. The Balaban J connectivity index is 1.58. The van der Waals surface area contributed by atoms with Crippen LogP contribution in [0.15, 0.2) is 54.1 Å². The maximum atomic E-state index is 12.7. The van der Waals surface area contributed by atoms with Gasteiger partial charge in [-0.15, -0.1) is 0 Å². The molecule has 1 aliphatic heterocycles. The second-order valence-corrected chi connectivity index (χ2v) is 7.28. The zero-order valence-corrected chi connectivity index (χ0v) is 18.1. The number of fused-ring (bicyclic) bond motifs is 1. The Kier molecular flexibility index (Phi) is 5.86. The van der Waals surface area contributed by atoms with Crippen molar-refractivity contribution in [1.82, 2.24) is 4.57 Å². The fourth-order valence-corrected chi connectivity index (χ4v) is 3.66. The van der Waals surface area contributed by atoms with E-state index in [9.17, 15) is 10.1 Å². The molecule has 0 fully saturated rings. The number of hydrogen-bond acceptors (Lipinski definition) is 5. The van der Waals surface area contributed by atoms with Crippen molar-refractivity contribution in [3.63, 3.8) is 0 Å². The molecule has 0 atom stereocenters. The largest absolute Gasteiger partial charge is 0.494 e. The van der Waals surface area contributed by atoms with Crippen molar-refractivity contribution >= 4 is 17.7 Å². The lowest BCUT2D eigenvalue weighted by Crippen LogP contribution is -2.13. The van der Waals surface area contributed by atoms with Crippen LogP contribution in [0.25, 0.3) is 11.8 Å². The molecule has 0 aliphatic carbocycles. The Morgan fingerprint density at radius 1 is 1.16 bits per heavy atom. The van der Waals surface area contributed by atoms with E-state index >= 15 is 0 Å². The van der Waals surface area contributed by atoms with Crippen LogP contribution in [-0.4, -0.2) is 23.9 Å². The van der Waals surface area contributed by atoms with Crippen molar-refractivity contribution in [3.8, 4) is 29.0 Å².